The van der Waals surface area contributed by atoms with Crippen molar-refractivity contribution in [2.45, 2.75) is 84.7 Å². The van der Waals surface area contributed by atoms with Gasteiger partial charge in [-0.05, 0) is 89.9 Å². The zero-order chi connectivity index (χ0) is 32.5. The number of anilines is 1. The fourth-order valence-electron chi connectivity index (χ4n) is 5.61. The molecule has 3 N–H and O–H groups in total. The maximum atomic E-state index is 14.3. The van der Waals surface area contributed by atoms with Crippen LogP contribution in [0.5, 0.6) is 17.2 Å². The lowest BCUT2D eigenvalue weighted by atomic mass is 10.0. The van der Waals surface area contributed by atoms with Crippen molar-refractivity contribution in [2.75, 3.05) is 45.5 Å². The summed E-state index contributed by atoms with van der Waals surface area (Å²) in [4.78, 5) is 30.6. The molecule has 2 aliphatic heterocycles. The molecule has 0 aliphatic carbocycles. The van der Waals surface area contributed by atoms with Gasteiger partial charge >= 0.3 is 6.03 Å². The molecule has 11 nitrogen and oxygen atoms in total. The number of nitrogens with zero attached hydrogens (tertiary/aromatic N) is 2. The lowest BCUT2D eigenvalue weighted by Crippen LogP contribution is -2.47. The van der Waals surface area contributed by atoms with Gasteiger partial charge in [-0.15, -0.1) is 0 Å². The zero-order valence-electron chi connectivity index (χ0n) is 27.5. The largest absolute Gasteiger partial charge is 0.490 e. The number of aliphatic hydroxyl groups excluding tert-OH is 1. The van der Waals surface area contributed by atoms with Gasteiger partial charge in [0.25, 0.3) is 5.91 Å². The number of carbonyl (C=O) groups is 2. The molecule has 4 rings (SSSR count). The minimum absolute atomic E-state index is 0.0401. The maximum absolute atomic E-state index is 14.3. The molecule has 45 heavy (non-hydrogen) atoms. The molecular formula is C34H50N4O7. The predicted octanol–water partition coefficient (Wildman–Crippen LogP) is 4.87. The third-order valence-electron chi connectivity index (χ3n) is 8.11. The van der Waals surface area contributed by atoms with Crippen molar-refractivity contribution >= 4 is 17.6 Å². The molecule has 0 saturated carbocycles. The van der Waals surface area contributed by atoms with Crippen LogP contribution in [-0.4, -0.2) is 91.3 Å². The maximum Gasteiger partial charge on any atom is 0.319 e. The minimum Gasteiger partial charge on any atom is -0.490 e. The van der Waals surface area contributed by atoms with Crippen molar-refractivity contribution in [3.63, 3.8) is 0 Å². The van der Waals surface area contributed by atoms with E-state index in [2.05, 4.69) is 29.5 Å². The summed E-state index contributed by atoms with van der Waals surface area (Å²) >= 11 is 0. The summed E-state index contributed by atoms with van der Waals surface area (Å²) in [7, 11) is 2.06. The second-order valence-electron chi connectivity index (χ2n) is 12.6. The molecule has 0 aromatic heterocycles. The molecule has 0 saturated heterocycles. The molecule has 0 bridgehead atoms. The number of benzene rings is 2. The monoisotopic (exact) mass is 626 g/mol. The van der Waals surface area contributed by atoms with Crippen LogP contribution in [0, 0.1) is 5.92 Å². The molecule has 0 fully saturated rings. The first-order valence-electron chi connectivity index (χ1n) is 16.0. The molecule has 2 aromatic rings. The summed E-state index contributed by atoms with van der Waals surface area (Å²) in [6, 6.07) is 10.3. The highest BCUT2D eigenvalue weighted by molar-refractivity contribution is 5.99. The van der Waals surface area contributed by atoms with Crippen molar-refractivity contribution in [2.24, 2.45) is 5.92 Å². The number of likely N-dealkylation sites (N-methyl/N-ethyl adjacent to an activating group) is 1. The predicted molar refractivity (Wildman–Crippen MR) is 173 cm³/mol. The average molecular weight is 627 g/mol. The third-order valence-corrected chi connectivity index (χ3v) is 8.11. The Balaban J connectivity index is 1.57. The van der Waals surface area contributed by atoms with Crippen LogP contribution in [0.25, 0.3) is 0 Å². The number of urea groups is 1. The van der Waals surface area contributed by atoms with E-state index in [9.17, 15) is 14.7 Å². The number of carbonyl (C=O) groups excluding carboxylic acids is 2. The topological polar surface area (TPSA) is 122 Å². The highest BCUT2D eigenvalue weighted by Crippen LogP contribution is 2.33. The number of fused-ring (bicyclic) bond motifs is 2. The molecule has 2 heterocycles. The lowest BCUT2D eigenvalue weighted by Gasteiger charge is -2.36. The van der Waals surface area contributed by atoms with Crippen molar-refractivity contribution < 1.29 is 33.6 Å². The first-order valence-corrected chi connectivity index (χ1v) is 16.0. The van der Waals surface area contributed by atoms with Crippen LogP contribution in [0.4, 0.5) is 10.5 Å². The zero-order valence-corrected chi connectivity index (χ0v) is 27.5. The summed E-state index contributed by atoms with van der Waals surface area (Å²) in [5.74, 6) is 1.65. The van der Waals surface area contributed by atoms with Gasteiger partial charge in [0.1, 0.15) is 5.75 Å². The Kier molecular flexibility index (Phi) is 12.3. The quantitative estimate of drug-likeness (QED) is 0.380. The Morgan fingerprint density at radius 1 is 1.07 bits per heavy atom. The third kappa shape index (κ3) is 9.72. The summed E-state index contributed by atoms with van der Waals surface area (Å²) in [5, 5.41) is 15.8. The molecule has 0 spiro atoms. The van der Waals surface area contributed by atoms with Gasteiger partial charge in [-0.3, -0.25) is 9.69 Å². The molecule has 248 valence electrons. The Labute approximate surface area is 267 Å². The van der Waals surface area contributed by atoms with Gasteiger partial charge in [0, 0.05) is 43.9 Å². The van der Waals surface area contributed by atoms with Gasteiger partial charge in [0.15, 0.2) is 11.5 Å². The van der Waals surface area contributed by atoms with E-state index in [1.54, 1.807) is 23.1 Å². The van der Waals surface area contributed by atoms with Crippen LogP contribution >= 0.6 is 0 Å². The van der Waals surface area contributed by atoms with Crippen molar-refractivity contribution in [1.29, 1.82) is 0 Å². The van der Waals surface area contributed by atoms with Gasteiger partial charge in [-0.2, -0.15) is 0 Å². The van der Waals surface area contributed by atoms with E-state index in [0.29, 0.717) is 43.2 Å². The van der Waals surface area contributed by atoms with Crippen molar-refractivity contribution in [1.82, 2.24) is 15.1 Å². The Hall–Kier alpha value is -3.54. The molecule has 0 radical (unpaired) electrons. The fourth-order valence-corrected chi connectivity index (χ4v) is 5.61. The van der Waals surface area contributed by atoms with Crippen LogP contribution in [0.15, 0.2) is 36.4 Å². The van der Waals surface area contributed by atoms with Crippen LogP contribution in [-0.2, 0) is 11.3 Å². The van der Waals surface area contributed by atoms with Gasteiger partial charge in [-0.1, -0.05) is 13.0 Å². The van der Waals surface area contributed by atoms with Gasteiger partial charge < -0.3 is 39.6 Å². The molecule has 11 heteroatoms. The second kappa shape index (κ2) is 16.1. The highest BCUT2D eigenvalue weighted by atomic mass is 16.7. The number of ether oxygens (including phenoxy) is 4. The van der Waals surface area contributed by atoms with E-state index in [-0.39, 0.29) is 49.5 Å². The minimum atomic E-state index is -0.453. The number of hydrogen-bond acceptors (Lipinski definition) is 8. The summed E-state index contributed by atoms with van der Waals surface area (Å²) in [6.07, 6.45) is 2.32. The smallest absolute Gasteiger partial charge is 0.319 e. The van der Waals surface area contributed by atoms with Gasteiger partial charge in [0.05, 0.1) is 30.4 Å². The number of aliphatic hydroxyl groups is 1. The normalized spacial score (nSPS) is 21.6. The van der Waals surface area contributed by atoms with Gasteiger partial charge in [0.2, 0.25) is 6.79 Å². The summed E-state index contributed by atoms with van der Waals surface area (Å²) < 4.78 is 23.8. The molecule has 2 aliphatic rings. The lowest BCUT2D eigenvalue weighted by molar-refractivity contribution is -0.0177. The van der Waals surface area contributed by atoms with Gasteiger partial charge in [-0.25, -0.2) is 4.79 Å². The number of hydrogen-bond donors (Lipinski definition) is 3. The Morgan fingerprint density at radius 2 is 1.82 bits per heavy atom. The number of rotatable bonds is 8. The molecular weight excluding hydrogens is 576 g/mol. The number of amides is 3. The molecule has 4 atom stereocenters. The second-order valence-corrected chi connectivity index (χ2v) is 12.6. The molecule has 0 unspecified atom stereocenters. The van der Waals surface area contributed by atoms with E-state index in [1.165, 1.54) is 0 Å². The van der Waals surface area contributed by atoms with Crippen LogP contribution in [0.1, 0.15) is 69.8 Å². The first kappa shape index (κ1) is 34.3. The Morgan fingerprint density at radius 3 is 2.58 bits per heavy atom. The van der Waals surface area contributed by atoms with E-state index in [0.717, 1.165) is 36.3 Å². The van der Waals surface area contributed by atoms with E-state index in [1.807, 2.05) is 45.9 Å². The standard InChI is InChI=1S/C34H50N4O7/c1-22(2)35-34(41)36-27-11-13-29-28(16-27)33(40)38(24(4)20-39)17-23(3)32(42-14-8-7-9-25(5)45-29)19-37(6)18-26-10-12-30-31(15-26)44-21-43-30/h10-13,15-16,22-25,32,39H,7-9,14,17-21H2,1-6H3,(H2,35,36,41)/t23-,24-,25+,32-/m0/s1. The SMILES string of the molecule is CC(C)NC(=O)Nc1ccc2c(c1)C(=O)N([C@@H](C)CO)C[C@H](C)[C@H](CN(C)Cc1ccc3c(c1)OCO3)OCCCC[C@@H](C)O2. The van der Waals surface area contributed by atoms with E-state index >= 15 is 0 Å². The Bertz CT molecular complexity index is 1290. The molecule has 2 aromatic carbocycles. The van der Waals surface area contributed by atoms with E-state index in [4.69, 9.17) is 18.9 Å². The van der Waals surface area contributed by atoms with E-state index < -0.39 is 6.04 Å². The highest BCUT2D eigenvalue weighted by Gasteiger charge is 2.30. The number of nitrogens with one attached hydrogen (secondary N) is 2. The average Bonchev–Trinajstić information content (AvgIpc) is 3.46. The molecule has 3 amide bonds. The van der Waals surface area contributed by atoms with Crippen LogP contribution in [0.2, 0.25) is 0 Å². The van der Waals surface area contributed by atoms with Crippen molar-refractivity contribution in [3.05, 3.63) is 47.5 Å². The first-order chi connectivity index (χ1) is 21.5. The fraction of sp³-hybridized carbons (Fsp3) is 0.588. The van der Waals surface area contributed by atoms with Crippen LogP contribution < -0.4 is 24.8 Å². The van der Waals surface area contributed by atoms with Crippen molar-refractivity contribution in [3.8, 4) is 17.2 Å². The van der Waals surface area contributed by atoms with Crippen LogP contribution in [0.3, 0.4) is 0 Å². The summed E-state index contributed by atoms with van der Waals surface area (Å²) in [5.41, 5.74) is 1.93. The summed E-state index contributed by atoms with van der Waals surface area (Å²) in [6.45, 7) is 12.0.